The molecule has 0 aromatic carbocycles. The molecule has 6 heteroatoms. The Bertz CT molecular complexity index is 393. The molecule has 3 unspecified atom stereocenters. The maximum absolute atomic E-state index is 11.9. The lowest BCUT2D eigenvalue weighted by molar-refractivity contribution is -0.180. The number of carbonyl (C=O) groups excluding carboxylic acids is 2. The molecule has 2 aliphatic rings. The molecule has 0 N–H and O–H groups in total. The molecule has 1 amide bonds. The molecule has 2 rings (SSSR count). The number of methoxy groups -OCH3 is 1. The van der Waals surface area contributed by atoms with E-state index in [1.54, 1.807) is 6.20 Å². The van der Waals surface area contributed by atoms with Gasteiger partial charge in [0, 0.05) is 12.1 Å². The van der Waals surface area contributed by atoms with E-state index in [4.69, 9.17) is 4.74 Å². The Labute approximate surface area is 113 Å². The molecule has 1 saturated heterocycles. The Morgan fingerprint density at radius 1 is 1.59 bits per heavy atom. The summed E-state index contributed by atoms with van der Waals surface area (Å²) in [6, 6.07) is 0. The molecule has 2 aliphatic heterocycles. The van der Waals surface area contributed by atoms with E-state index in [0.717, 1.165) is 0 Å². The number of carbonyl (C=O) groups is 2. The minimum Gasteiger partial charge on any atom is -0.452 e. The lowest BCUT2D eigenvalue weighted by atomic mass is 9.74. The largest absolute Gasteiger partial charge is 0.452 e. The van der Waals surface area contributed by atoms with Crippen LogP contribution < -0.4 is 0 Å². The van der Waals surface area contributed by atoms with Crippen molar-refractivity contribution in [1.82, 2.24) is 4.90 Å². The van der Waals surface area contributed by atoms with E-state index in [1.807, 2.05) is 19.9 Å². The number of hydrogen-bond acceptors (Lipinski definition) is 4. The Hall–Kier alpha value is -0.790. The minimum atomic E-state index is -0.571. The van der Waals surface area contributed by atoms with Crippen molar-refractivity contribution in [2.45, 2.75) is 24.0 Å². The predicted octanol–water partition coefficient (Wildman–Crippen LogP) is 1.91. The number of allylic oxidation sites excluding steroid dienone is 1. The van der Waals surface area contributed by atoms with E-state index in [-0.39, 0.29) is 15.8 Å². The van der Waals surface area contributed by atoms with Crippen molar-refractivity contribution in [3.05, 3.63) is 12.3 Å². The van der Waals surface area contributed by atoms with Gasteiger partial charge in [0.2, 0.25) is 0 Å². The highest BCUT2D eigenvalue weighted by atomic mass is 127. The first-order valence-electron chi connectivity index (χ1n) is 5.29. The molecule has 0 saturated carbocycles. The van der Waals surface area contributed by atoms with Crippen LogP contribution in [0.5, 0.6) is 0 Å². The van der Waals surface area contributed by atoms with Crippen LogP contribution in [0.4, 0.5) is 4.79 Å². The standard InChI is InChI=1S/C11H14INO4/c1-11(2)6-4-5-13(10(15)16-3)8(7(6)12)17-9(11)14/h4-8H,1-3H3. The summed E-state index contributed by atoms with van der Waals surface area (Å²) >= 11 is 2.22. The molecule has 2 heterocycles. The first-order chi connectivity index (χ1) is 7.89. The molecule has 1 fully saturated rings. The van der Waals surface area contributed by atoms with Gasteiger partial charge in [-0.2, -0.15) is 0 Å². The van der Waals surface area contributed by atoms with E-state index in [9.17, 15) is 9.59 Å². The van der Waals surface area contributed by atoms with Gasteiger partial charge in [-0.25, -0.2) is 9.69 Å². The van der Waals surface area contributed by atoms with Crippen LogP contribution in [0.25, 0.3) is 0 Å². The zero-order valence-electron chi connectivity index (χ0n) is 9.84. The van der Waals surface area contributed by atoms with Crippen molar-refractivity contribution in [2.75, 3.05) is 7.11 Å². The van der Waals surface area contributed by atoms with Crippen LogP contribution in [0.1, 0.15) is 13.8 Å². The molecular formula is C11H14INO4. The predicted molar refractivity (Wildman–Crippen MR) is 68.3 cm³/mol. The Morgan fingerprint density at radius 3 is 2.82 bits per heavy atom. The summed E-state index contributed by atoms with van der Waals surface area (Å²) in [7, 11) is 1.30. The van der Waals surface area contributed by atoms with Gasteiger partial charge in [0.05, 0.1) is 16.4 Å². The first-order valence-corrected chi connectivity index (χ1v) is 6.54. The normalized spacial score (nSPS) is 34.2. The number of alkyl halides is 1. The first kappa shape index (κ1) is 12.7. The van der Waals surface area contributed by atoms with Crippen LogP contribution in [0.2, 0.25) is 0 Å². The summed E-state index contributed by atoms with van der Waals surface area (Å²) in [5, 5.41) is 0. The topological polar surface area (TPSA) is 55.8 Å². The number of ether oxygens (including phenoxy) is 2. The van der Waals surface area contributed by atoms with Gasteiger partial charge in [-0.1, -0.05) is 28.7 Å². The summed E-state index contributed by atoms with van der Waals surface area (Å²) in [6.07, 6.45) is 2.44. The van der Waals surface area contributed by atoms with E-state index in [0.29, 0.717) is 0 Å². The van der Waals surface area contributed by atoms with Crippen molar-refractivity contribution in [3.8, 4) is 0 Å². The van der Waals surface area contributed by atoms with Crippen LogP contribution in [0.3, 0.4) is 0 Å². The SMILES string of the molecule is COC(=O)N1C=CC2C(I)C1OC(=O)C2(C)C. The molecule has 3 atom stereocenters. The van der Waals surface area contributed by atoms with Crippen molar-refractivity contribution >= 4 is 34.7 Å². The monoisotopic (exact) mass is 351 g/mol. The number of hydrogen-bond donors (Lipinski definition) is 0. The van der Waals surface area contributed by atoms with Crippen molar-refractivity contribution < 1.29 is 19.1 Å². The molecule has 0 radical (unpaired) electrons. The number of halogens is 1. The Kier molecular flexibility index (Phi) is 3.09. The zero-order valence-corrected chi connectivity index (χ0v) is 12.0. The fourth-order valence-corrected chi connectivity index (χ4v) is 3.77. The highest BCUT2D eigenvalue weighted by Gasteiger charge is 2.53. The van der Waals surface area contributed by atoms with Crippen molar-refractivity contribution in [1.29, 1.82) is 0 Å². The van der Waals surface area contributed by atoms with Gasteiger partial charge >= 0.3 is 12.1 Å². The summed E-state index contributed by atoms with van der Waals surface area (Å²) in [5.41, 5.74) is -0.554. The molecular weight excluding hydrogens is 337 g/mol. The molecule has 0 aliphatic carbocycles. The number of amides is 1. The van der Waals surface area contributed by atoms with Crippen LogP contribution >= 0.6 is 22.6 Å². The number of esters is 1. The van der Waals surface area contributed by atoms with Gasteiger partial charge in [-0.15, -0.1) is 0 Å². The average Bonchev–Trinajstić information content (AvgIpc) is 2.28. The third-order valence-electron chi connectivity index (χ3n) is 3.32. The lowest BCUT2D eigenvalue weighted by Gasteiger charge is -2.47. The second-order valence-electron chi connectivity index (χ2n) is 4.71. The van der Waals surface area contributed by atoms with E-state index in [2.05, 4.69) is 27.3 Å². The fraction of sp³-hybridized carbons (Fsp3) is 0.636. The van der Waals surface area contributed by atoms with Crippen molar-refractivity contribution in [2.24, 2.45) is 11.3 Å². The number of rotatable bonds is 0. The molecule has 5 nitrogen and oxygen atoms in total. The second kappa shape index (κ2) is 4.15. The minimum absolute atomic E-state index is 0.0319. The van der Waals surface area contributed by atoms with Gasteiger partial charge in [0.25, 0.3) is 0 Å². The smallest absolute Gasteiger partial charge is 0.416 e. The lowest BCUT2D eigenvalue weighted by Crippen LogP contribution is -2.59. The highest BCUT2D eigenvalue weighted by Crippen LogP contribution is 2.45. The summed E-state index contributed by atoms with van der Waals surface area (Å²) in [6.45, 7) is 3.72. The molecule has 0 spiro atoms. The fourth-order valence-electron chi connectivity index (χ4n) is 2.14. The van der Waals surface area contributed by atoms with Gasteiger partial charge in [-0.05, 0) is 13.8 Å². The quantitative estimate of drug-likeness (QED) is 0.380. The van der Waals surface area contributed by atoms with Crippen LogP contribution in [-0.4, -0.2) is 34.2 Å². The second-order valence-corrected chi connectivity index (χ2v) is 6.14. The van der Waals surface area contributed by atoms with Crippen molar-refractivity contribution in [3.63, 3.8) is 0 Å². The summed E-state index contributed by atoms with van der Waals surface area (Å²) in [5.74, 6) is -0.214. The van der Waals surface area contributed by atoms with E-state index in [1.165, 1.54) is 12.0 Å². The van der Waals surface area contributed by atoms with Crippen LogP contribution in [0.15, 0.2) is 12.3 Å². The summed E-state index contributed by atoms with van der Waals surface area (Å²) in [4.78, 5) is 24.8. The third kappa shape index (κ3) is 1.82. The molecule has 94 valence electrons. The Balaban J connectivity index is 2.36. The zero-order chi connectivity index (χ0) is 12.8. The maximum Gasteiger partial charge on any atom is 0.416 e. The van der Waals surface area contributed by atoms with Gasteiger partial charge in [-0.3, -0.25) is 4.79 Å². The van der Waals surface area contributed by atoms with Gasteiger partial charge < -0.3 is 9.47 Å². The van der Waals surface area contributed by atoms with Gasteiger partial charge in [0.15, 0.2) is 6.23 Å². The third-order valence-corrected chi connectivity index (χ3v) is 4.71. The van der Waals surface area contributed by atoms with Crippen LogP contribution in [-0.2, 0) is 14.3 Å². The summed E-state index contributed by atoms with van der Waals surface area (Å²) < 4.78 is 10.0. The molecule has 17 heavy (non-hydrogen) atoms. The Morgan fingerprint density at radius 2 is 2.24 bits per heavy atom. The maximum atomic E-state index is 11.9. The number of fused-ring (bicyclic) bond motifs is 2. The number of nitrogens with zero attached hydrogens (tertiary/aromatic N) is 1. The highest BCUT2D eigenvalue weighted by molar-refractivity contribution is 14.1. The molecule has 0 aromatic rings. The average molecular weight is 351 g/mol. The van der Waals surface area contributed by atoms with E-state index >= 15 is 0 Å². The van der Waals surface area contributed by atoms with Crippen LogP contribution in [0, 0.1) is 11.3 Å². The molecule has 0 aromatic heterocycles. The van der Waals surface area contributed by atoms with Gasteiger partial charge in [0.1, 0.15) is 0 Å². The molecule has 2 bridgehead atoms. The van der Waals surface area contributed by atoms with E-state index < -0.39 is 17.7 Å².